The Morgan fingerprint density at radius 2 is 1.70 bits per heavy atom. The molecule has 2 N–H and O–H groups in total. The highest BCUT2D eigenvalue weighted by Gasteiger charge is 2.30. The van der Waals surface area contributed by atoms with Gasteiger partial charge in [-0.1, -0.05) is 13.8 Å². The van der Waals surface area contributed by atoms with Crippen LogP contribution in [0.3, 0.4) is 0 Å². The van der Waals surface area contributed by atoms with Gasteiger partial charge in [0.2, 0.25) is 5.91 Å². The van der Waals surface area contributed by atoms with Crippen LogP contribution in [0, 0.1) is 44.1 Å². The molecule has 1 aliphatic rings. The van der Waals surface area contributed by atoms with Crippen molar-refractivity contribution in [3.05, 3.63) is 92.2 Å². The Morgan fingerprint density at radius 1 is 1.02 bits per heavy atom. The minimum Gasteiger partial charge on any atom is -0.481 e. The zero-order valence-corrected chi connectivity index (χ0v) is 26.8. The summed E-state index contributed by atoms with van der Waals surface area (Å²) in [7, 11) is 0. The number of pyridine rings is 1. The lowest BCUT2D eigenvalue weighted by atomic mass is 9.90. The van der Waals surface area contributed by atoms with Gasteiger partial charge in [-0.25, -0.2) is 17.6 Å². The molecule has 1 unspecified atom stereocenters. The second-order valence-corrected chi connectivity index (χ2v) is 12.8. The van der Waals surface area contributed by atoms with Gasteiger partial charge in [-0.2, -0.15) is 0 Å². The summed E-state index contributed by atoms with van der Waals surface area (Å²) in [5.74, 6) is -4.39. The van der Waals surface area contributed by atoms with Crippen molar-refractivity contribution in [2.75, 3.05) is 19.6 Å². The standard InChI is InChI=1S/C35H41F4N3O4/c1-19(2)10-30(42-17-23(14-28(38)35(42)46)6-8-41-9-7-25(36)18-41)34(45)40-29(16-31(43)44)27-15-24(11-22(5)33(27)39)32-20(3)12-26(37)13-21(32)4/h11-15,17,19,25,29-30H,6-10,16,18H2,1-5H3,(H,40,45)(H,43,44)/t25-,29+,30?/m1/s1. The highest BCUT2D eigenvalue weighted by Crippen LogP contribution is 2.34. The number of carbonyl (C=O) groups excluding carboxylic acids is 1. The summed E-state index contributed by atoms with van der Waals surface area (Å²) in [5.41, 5.74) is 1.91. The molecule has 46 heavy (non-hydrogen) atoms. The van der Waals surface area contributed by atoms with Gasteiger partial charge in [-0.05, 0) is 110 Å². The predicted molar refractivity (Wildman–Crippen MR) is 168 cm³/mol. The number of nitrogens with one attached hydrogen (secondary N) is 1. The molecule has 1 saturated heterocycles. The van der Waals surface area contributed by atoms with Crippen LogP contribution in [0.1, 0.15) is 73.0 Å². The van der Waals surface area contributed by atoms with Crippen molar-refractivity contribution in [1.29, 1.82) is 0 Å². The Kier molecular flexibility index (Phi) is 11.1. The van der Waals surface area contributed by atoms with Gasteiger partial charge in [0.1, 0.15) is 23.8 Å². The minimum atomic E-state index is -1.34. The van der Waals surface area contributed by atoms with E-state index in [0.717, 1.165) is 10.6 Å². The van der Waals surface area contributed by atoms with Crippen LogP contribution in [0.25, 0.3) is 11.1 Å². The number of aliphatic carboxylic acids is 1. The molecule has 4 rings (SSSR count). The molecule has 7 nitrogen and oxygen atoms in total. The van der Waals surface area contributed by atoms with Gasteiger partial charge in [0.15, 0.2) is 5.82 Å². The lowest BCUT2D eigenvalue weighted by molar-refractivity contribution is -0.138. The Balaban J connectivity index is 1.71. The molecule has 0 spiro atoms. The van der Waals surface area contributed by atoms with Crippen molar-refractivity contribution in [2.45, 2.75) is 78.6 Å². The number of alkyl halides is 1. The fourth-order valence-corrected chi connectivity index (χ4v) is 6.30. The van der Waals surface area contributed by atoms with E-state index in [1.807, 2.05) is 18.7 Å². The first-order valence-corrected chi connectivity index (χ1v) is 15.5. The van der Waals surface area contributed by atoms with Gasteiger partial charge < -0.3 is 19.9 Å². The van der Waals surface area contributed by atoms with Crippen LogP contribution in [0.2, 0.25) is 0 Å². The highest BCUT2D eigenvalue weighted by molar-refractivity contribution is 5.82. The van der Waals surface area contributed by atoms with E-state index in [1.165, 1.54) is 31.3 Å². The molecule has 2 heterocycles. The maximum atomic E-state index is 15.7. The summed E-state index contributed by atoms with van der Waals surface area (Å²) in [6, 6.07) is 4.28. The number of aryl methyl sites for hydroxylation is 3. The van der Waals surface area contributed by atoms with Crippen molar-refractivity contribution in [2.24, 2.45) is 5.92 Å². The van der Waals surface area contributed by atoms with Crippen LogP contribution in [0.15, 0.2) is 41.3 Å². The van der Waals surface area contributed by atoms with E-state index in [-0.39, 0.29) is 30.0 Å². The molecule has 0 saturated carbocycles. The normalized spacial score (nSPS) is 16.5. The van der Waals surface area contributed by atoms with E-state index >= 15 is 4.39 Å². The van der Waals surface area contributed by atoms with Crippen molar-refractivity contribution in [3.8, 4) is 11.1 Å². The number of benzene rings is 2. The van der Waals surface area contributed by atoms with E-state index < -0.39 is 59.6 Å². The van der Waals surface area contributed by atoms with Gasteiger partial charge in [0.25, 0.3) is 5.56 Å². The molecule has 3 atom stereocenters. The number of rotatable bonds is 12. The van der Waals surface area contributed by atoms with Crippen LogP contribution in [-0.2, 0) is 16.0 Å². The first-order chi connectivity index (χ1) is 21.6. The molecule has 1 aliphatic heterocycles. The summed E-state index contributed by atoms with van der Waals surface area (Å²) >= 11 is 0. The first kappa shape index (κ1) is 34.9. The topological polar surface area (TPSA) is 91.6 Å². The maximum absolute atomic E-state index is 15.7. The number of carbonyl (C=O) groups is 2. The van der Waals surface area contributed by atoms with Crippen molar-refractivity contribution < 1.29 is 32.3 Å². The smallest absolute Gasteiger partial charge is 0.305 e. The third-order valence-corrected chi connectivity index (χ3v) is 8.46. The summed E-state index contributed by atoms with van der Waals surface area (Å²) in [6.45, 7) is 9.88. The quantitative estimate of drug-likeness (QED) is 0.224. The maximum Gasteiger partial charge on any atom is 0.305 e. The van der Waals surface area contributed by atoms with Crippen LogP contribution < -0.4 is 10.9 Å². The fourth-order valence-electron chi connectivity index (χ4n) is 6.30. The summed E-state index contributed by atoms with van der Waals surface area (Å²) in [5, 5.41) is 12.4. The molecular weight excluding hydrogens is 602 g/mol. The second kappa shape index (κ2) is 14.6. The number of halogens is 4. The van der Waals surface area contributed by atoms with E-state index in [1.54, 1.807) is 19.9 Å². The molecular formula is C35H41F4N3O4. The monoisotopic (exact) mass is 643 g/mol. The Bertz CT molecular complexity index is 1650. The van der Waals surface area contributed by atoms with E-state index in [4.69, 9.17) is 0 Å². The second-order valence-electron chi connectivity index (χ2n) is 12.8. The largest absolute Gasteiger partial charge is 0.481 e. The summed E-state index contributed by atoms with van der Waals surface area (Å²) in [4.78, 5) is 40.8. The predicted octanol–water partition coefficient (Wildman–Crippen LogP) is 6.36. The van der Waals surface area contributed by atoms with Gasteiger partial charge in [0, 0.05) is 31.4 Å². The SMILES string of the molecule is Cc1cc(-c2c(C)cc(F)cc2C)cc([C@H](CC(=O)O)NC(=O)C(CC(C)C)n2cc(CCN3CC[C@@H](F)C3)cc(F)c2=O)c1F. The minimum absolute atomic E-state index is 0.0822. The number of amides is 1. The van der Waals surface area contributed by atoms with E-state index in [2.05, 4.69) is 5.32 Å². The number of nitrogens with zero attached hydrogens (tertiary/aromatic N) is 2. The van der Waals surface area contributed by atoms with E-state index in [0.29, 0.717) is 53.7 Å². The average molecular weight is 644 g/mol. The number of carboxylic acid groups (broad SMARTS) is 1. The molecule has 248 valence electrons. The van der Waals surface area contributed by atoms with Crippen molar-refractivity contribution >= 4 is 11.9 Å². The van der Waals surface area contributed by atoms with Gasteiger partial charge in [-0.15, -0.1) is 0 Å². The highest BCUT2D eigenvalue weighted by atomic mass is 19.1. The lowest BCUT2D eigenvalue weighted by Crippen LogP contribution is -2.41. The molecule has 0 bridgehead atoms. The number of hydrogen-bond acceptors (Lipinski definition) is 4. The number of likely N-dealkylation sites (tertiary alicyclic amines) is 1. The van der Waals surface area contributed by atoms with E-state index in [9.17, 15) is 32.7 Å². The van der Waals surface area contributed by atoms with Gasteiger partial charge in [0.05, 0.1) is 12.5 Å². The van der Waals surface area contributed by atoms with Crippen LogP contribution in [-0.4, -0.2) is 52.3 Å². The molecule has 1 amide bonds. The van der Waals surface area contributed by atoms with Crippen molar-refractivity contribution in [3.63, 3.8) is 0 Å². The van der Waals surface area contributed by atoms with Gasteiger partial charge in [-0.3, -0.25) is 14.4 Å². The molecule has 3 aromatic rings. The summed E-state index contributed by atoms with van der Waals surface area (Å²) in [6.07, 6.45) is 0.686. The Hall–Kier alpha value is -3.99. The van der Waals surface area contributed by atoms with Crippen molar-refractivity contribution in [1.82, 2.24) is 14.8 Å². The molecule has 1 fully saturated rings. The van der Waals surface area contributed by atoms with Crippen LogP contribution in [0.5, 0.6) is 0 Å². The first-order valence-electron chi connectivity index (χ1n) is 15.5. The molecule has 0 radical (unpaired) electrons. The number of carboxylic acids is 1. The fraction of sp³-hybridized carbons (Fsp3) is 0.457. The molecule has 2 aromatic carbocycles. The number of aromatic nitrogens is 1. The Labute approximate surface area is 266 Å². The molecule has 0 aliphatic carbocycles. The summed E-state index contributed by atoms with van der Waals surface area (Å²) < 4.78 is 59.4. The lowest BCUT2D eigenvalue weighted by Gasteiger charge is -2.26. The Morgan fingerprint density at radius 3 is 2.28 bits per heavy atom. The van der Waals surface area contributed by atoms with Gasteiger partial charge >= 0.3 is 5.97 Å². The molecule has 11 heteroatoms. The van der Waals surface area contributed by atoms with Crippen LogP contribution in [0.4, 0.5) is 17.6 Å². The average Bonchev–Trinajstić information content (AvgIpc) is 3.37. The number of hydrogen-bond donors (Lipinski definition) is 2. The molecule has 1 aromatic heterocycles. The zero-order chi connectivity index (χ0) is 33.9. The van der Waals surface area contributed by atoms with Crippen LogP contribution >= 0.6 is 0 Å². The zero-order valence-electron chi connectivity index (χ0n) is 26.8. The third kappa shape index (κ3) is 8.23. The third-order valence-electron chi connectivity index (χ3n) is 8.46.